The van der Waals surface area contributed by atoms with E-state index in [1.165, 1.54) is 23.1 Å². The summed E-state index contributed by atoms with van der Waals surface area (Å²) in [7, 11) is 1.66. The molecule has 24 heavy (non-hydrogen) atoms. The van der Waals surface area contributed by atoms with Crippen molar-refractivity contribution in [2.75, 3.05) is 20.1 Å². The average molecular weight is 466 g/mol. The fourth-order valence-corrected chi connectivity index (χ4v) is 2.89. The van der Waals surface area contributed by atoms with Crippen molar-refractivity contribution >= 4 is 41.3 Å². The maximum atomic E-state index is 13.5. The van der Waals surface area contributed by atoms with Gasteiger partial charge in [0.15, 0.2) is 5.96 Å². The molecule has 0 amide bonds. The normalized spacial score (nSPS) is 11.1. The van der Waals surface area contributed by atoms with Crippen LogP contribution in [0.2, 0.25) is 0 Å². The highest BCUT2D eigenvalue weighted by molar-refractivity contribution is 14.0. The van der Waals surface area contributed by atoms with Crippen LogP contribution in [0.4, 0.5) is 8.78 Å². The molecule has 4 nitrogen and oxygen atoms in total. The summed E-state index contributed by atoms with van der Waals surface area (Å²) in [6, 6.07) is 3.89. The molecule has 0 aliphatic rings. The first-order valence-corrected chi connectivity index (χ1v) is 8.20. The van der Waals surface area contributed by atoms with Gasteiger partial charge in [-0.1, -0.05) is 6.07 Å². The topological polar surface area (TPSA) is 49.3 Å². The lowest BCUT2D eigenvalue weighted by molar-refractivity contribution is 0.553. The van der Waals surface area contributed by atoms with Gasteiger partial charge in [-0.15, -0.1) is 35.3 Å². The van der Waals surface area contributed by atoms with Crippen molar-refractivity contribution in [1.82, 2.24) is 15.6 Å². The van der Waals surface area contributed by atoms with Gasteiger partial charge in [-0.3, -0.25) is 4.99 Å². The summed E-state index contributed by atoms with van der Waals surface area (Å²) in [6.07, 6.45) is 2.92. The van der Waals surface area contributed by atoms with E-state index in [9.17, 15) is 8.78 Å². The van der Waals surface area contributed by atoms with Gasteiger partial charge in [0.05, 0.1) is 5.01 Å². The van der Waals surface area contributed by atoms with Crippen molar-refractivity contribution < 1.29 is 8.78 Å². The van der Waals surface area contributed by atoms with Gasteiger partial charge in [0.1, 0.15) is 11.6 Å². The predicted octanol–water partition coefficient (Wildman–Crippen LogP) is 3.30. The van der Waals surface area contributed by atoms with E-state index in [0.29, 0.717) is 19.0 Å². The molecular weight excluding hydrogens is 445 g/mol. The number of nitrogens with zero attached hydrogens (tertiary/aromatic N) is 2. The summed E-state index contributed by atoms with van der Waals surface area (Å²) < 4.78 is 27.1. The number of nitrogens with one attached hydrogen (secondary N) is 2. The van der Waals surface area contributed by atoms with Crippen LogP contribution in [0.15, 0.2) is 29.4 Å². The maximum Gasteiger partial charge on any atom is 0.191 e. The van der Waals surface area contributed by atoms with Gasteiger partial charge in [0.25, 0.3) is 0 Å². The van der Waals surface area contributed by atoms with Crippen LogP contribution >= 0.6 is 35.3 Å². The molecular formula is C16H21F2IN4S. The summed E-state index contributed by atoms with van der Waals surface area (Å²) in [4.78, 5) is 9.57. The second kappa shape index (κ2) is 10.5. The molecule has 0 aliphatic carbocycles. The lowest BCUT2D eigenvalue weighted by Gasteiger charge is -2.12. The van der Waals surface area contributed by atoms with Crippen LogP contribution < -0.4 is 10.6 Å². The smallest absolute Gasteiger partial charge is 0.191 e. The molecule has 8 heteroatoms. The highest BCUT2D eigenvalue weighted by atomic mass is 127. The van der Waals surface area contributed by atoms with Gasteiger partial charge >= 0.3 is 0 Å². The van der Waals surface area contributed by atoms with Gasteiger partial charge in [-0.2, -0.15) is 0 Å². The summed E-state index contributed by atoms with van der Waals surface area (Å²) in [5.41, 5.74) is 0.0914. The molecule has 0 aliphatic heterocycles. The first-order chi connectivity index (χ1) is 11.1. The monoisotopic (exact) mass is 466 g/mol. The van der Waals surface area contributed by atoms with E-state index in [4.69, 9.17) is 0 Å². The zero-order chi connectivity index (χ0) is 16.7. The van der Waals surface area contributed by atoms with Gasteiger partial charge < -0.3 is 10.6 Å². The third kappa shape index (κ3) is 6.31. The number of rotatable bonds is 6. The van der Waals surface area contributed by atoms with Crippen LogP contribution in [-0.2, 0) is 12.8 Å². The number of thiazole rings is 1. The zero-order valence-corrected chi connectivity index (χ0v) is 16.8. The molecule has 132 valence electrons. The molecule has 1 heterocycles. The number of halogens is 3. The summed E-state index contributed by atoms with van der Waals surface area (Å²) in [5.74, 6) is -0.433. The fourth-order valence-electron chi connectivity index (χ4n) is 2.10. The second-order valence-corrected chi connectivity index (χ2v) is 6.31. The Morgan fingerprint density at radius 1 is 1.17 bits per heavy atom. The number of guanidine groups is 1. The predicted molar refractivity (Wildman–Crippen MR) is 105 cm³/mol. The Bertz CT molecular complexity index is 656. The van der Waals surface area contributed by atoms with E-state index in [2.05, 4.69) is 20.6 Å². The Labute approximate surface area is 161 Å². The Hall–Kier alpha value is -1.29. The van der Waals surface area contributed by atoms with Crippen molar-refractivity contribution in [1.29, 1.82) is 0 Å². The molecule has 0 radical (unpaired) electrons. The fraction of sp³-hybridized carbons (Fsp3) is 0.375. The van der Waals surface area contributed by atoms with E-state index < -0.39 is 11.6 Å². The van der Waals surface area contributed by atoms with Crippen molar-refractivity contribution in [2.45, 2.75) is 19.8 Å². The minimum absolute atomic E-state index is 0. The number of hydrogen-bond acceptors (Lipinski definition) is 3. The molecule has 0 saturated heterocycles. The third-order valence-electron chi connectivity index (χ3n) is 3.25. The Kier molecular flexibility index (Phi) is 9.12. The Balaban J connectivity index is 0.00000288. The summed E-state index contributed by atoms with van der Waals surface area (Å²) in [6.45, 7) is 3.12. The van der Waals surface area contributed by atoms with Gasteiger partial charge in [0.2, 0.25) is 0 Å². The Morgan fingerprint density at radius 2 is 1.79 bits per heavy atom. The first-order valence-electron chi connectivity index (χ1n) is 7.39. The molecule has 2 rings (SSSR count). The molecule has 0 bridgehead atoms. The molecule has 0 saturated carbocycles. The van der Waals surface area contributed by atoms with Gasteiger partial charge in [-0.25, -0.2) is 13.8 Å². The molecule has 2 aromatic rings. The van der Waals surface area contributed by atoms with Crippen LogP contribution in [0.1, 0.15) is 15.4 Å². The number of benzene rings is 1. The summed E-state index contributed by atoms with van der Waals surface area (Å²) in [5, 5.41) is 7.28. The highest BCUT2D eigenvalue weighted by Gasteiger charge is 2.08. The van der Waals surface area contributed by atoms with E-state index in [1.807, 2.05) is 13.1 Å². The van der Waals surface area contributed by atoms with Gasteiger partial charge in [-0.05, 0) is 25.5 Å². The quantitative estimate of drug-likeness (QED) is 0.391. The van der Waals surface area contributed by atoms with Crippen molar-refractivity contribution in [2.24, 2.45) is 4.99 Å². The number of hydrogen-bond donors (Lipinski definition) is 2. The molecule has 2 N–H and O–H groups in total. The standard InChI is InChI=1S/C16H20F2N4S.HI/c1-11-10-22-15(23-11)7-9-21-16(19-2)20-8-6-12-13(17)4-3-5-14(12)18;/h3-5,10H,6-9H2,1-2H3,(H2,19,20,21);1H. The SMILES string of the molecule is CN=C(NCCc1ncc(C)s1)NCCc1c(F)cccc1F.I. The van der Waals surface area contributed by atoms with Crippen LogP contribution in [0, 0.1) is 18.6 Å². The Morgan fingerprint density at radius 3 is 2.33 bits per heavy atom. The van der Waals surface area contributed by atoms with E-state index in [-0.39, 0.29) is 36.0 Å². The second-order valence-electron chi connectivity index (χ2n) is 4.99. The molecule has 0 fully saturated rings. The maximum absolute atomic E-state index is 13.5. The number of aliphatic imine (C=N–C) groups is 1. The van der Waals surface area contributed by atoms with Crippen LogP contribution in [0.25, 0.3) is 0 Å². The molecule has 1 aromatic heterocycles. The van der Waals surface area contributed by atoms with Crippen LogP contribution in [-0.4, -0.2) is 31.1 Å². The first kappa shape index (κ1) is 20.8. The largest absolute Gasteiger partial charge is 0.356 e. The molecule has 1 aromatic carbocycles. The van der Waals surface area contributed by atoms with Crippen LogP contribution in [0.5, 0.6) is 0 Å². The summed E-state index contributed by atoms with van der Waals surface area (Å²) >= 11 is 1.67. The third-order valence-corrected chi connectivity index (χ3v) is 4.23. The lowest BCUT2D eigenvalue weighted by Crippen LogP contribution is -2.39. The van der Waals surface area contributed by atoms with Crippen molar-refractivity contribution in [3.63, 3.8) is 0 Å². The molecule has 0 atom stereocenters. The molecule has 0 unspecified atom stereocenters. The van der Waals surface area contributed by atoms with E-state index in [0.717, 1.165) is 11.4 Å². The van der Waals surface area contributed by atoms with Crippen molar-refractivity contribution in [3.8, 4) is 0 Å². The minimum Gasteiger partial charge on any atom is -0.356 e. The van der Waals surface area contributed by atoms with E-state index >= 15 is 0 Å². The molecule has 0 spiro atoms. The number of aromatic nitrogens is 1. The highest BCUT2D eigenvalue weighted by Crippen LogP contribution is 2.12. The minimum atomic E-state index is -0.520. The van der Waals surface area contributed by atoms with Crippen LogP contribution in [0.3, 0.4) is 0 Å². The zero-order valence-electron chi connectivity index (χ0n) is 13.6. The number of aryl methyl sites for hydroxylation is 1. The lowest BCUT2D eigenvalue weighted by atomic mass is 10.1. The van der Waals surface area contributed by atoms with E-state index in [1.54, 1.807) is 18.4 Å². The van der Waals surface area contributed by atoms with Gasteiger partial charge in [0, 0.05) is 43.2 Å². The van der Waals surface area contributed by atoms with Crippen molar-refractivity contribution in [3.05, 3.63) is 51.5 Å². The average Bonchev–Trinajstić information content (AvgIpc) is 2.94.